The first kappa shape index (κ1) is 18.4. The topological polar surface area (TPSA) is 99.2 Å². The second-order valence-electron chi connectivity index (χ2n) is 7.26. The van der Waals surface area contributed by atoms with Gasteiger partial charge in [0.25, 0.3) is 5.91 Å². The summed E-state index contributed by atoms with van der Waals surface area (Å²) in [5.41, 5.74) is 8.72. The molecular weight excluding hydrogens is 400 g/mol. The van der Waals surface area contributed by atoms with E-state index in [1.165, 1.54) is 6.33 Å². The van der Waals surface area contributed by atoms with Gasteiger partial charge in [-0.25, -0.2) is 14.6 Å². The second kappa shape index (κ2) is 6.71. The van der Waals surface area contributed by atoms with Crippen LogP contribution < -0.4 is 10.5 Å². The lowest BCUT2D eigenvalue weighted by molar-refractivity contribution is -0.130. The van der Waals surface area contributed by atoms with Gasteiger partial charge in [0, 0.05) is 13.1 Å². The largest absolute Gasteiger partial charge is 0.495 e. The number of amides is 1. The van der Waals surface area contributed by atoms with Crippen molar-refractivity contribution in [3.8, 4) is 28.7 Å². The lowest BCUT2D eigenvalue weighted by Crippen LogP contribution is -2.50. The van der Waals surface area contributed by atoms with Crippen molar-refractivity contribution in [3.05, 3.63) is 30.1 Å². The molecule has 0 saturated carbocycles. The minimum absolute atomic E-state index is 0.0148. The predicted molar refractivity (Wildman–Crippen MR) is 116 cm³/mol. The molecule has 1 aliphatic rings. The van der Waals surface area contributed by atoms with Crippen LogP contribution in [0.2, 0.25) is 0 Å². The van der Waals surface area contributed by atoms with Crippen molar-refractivity contribution in [2.45, 2.75) is 13.0 Å². The minimum atomic E-state index is -0.316. The Morgan fingerprint density at radius 2 is 2.13 bits per heavy atom. The summed E-state index contributed by atoms with van der Waals surface area (Å²) >= 11 is 1.59. The Balaban J connectivity index is 1.65. The van der Waals surface area contributed by atoms with Crippen molar-refractivity contribution >= 4 is 44.2 Å². The van der Waals surface area contributed by atoms with Gasteiger partial charge in [-0.05, 0) is 35.9 Å². The molecule has 1 aliphatic heterocycles. The van der Waals surface area contributed by atoms with Crippen LogP contribution >= 0.6 is 11.3 Å². The molecule has 4 heterocycles. The van der Waals surface area contributed by atoms with Crippen molar-refractivity contribution in [3.63, 3.8) is 0 Å². The number of methoxy groups -OCH3 is 1. The van der Waals surface area contributed by atoms with E-state index in [0.29, 0.717) is 29.9 Å². The minimum Gasteiger partial charge on any atom is -0.495 e. The normalized spacial score (nSPS) is 14.1. The monoisotopic (exact) mass is 418 g/mol. The molecule has 0 unspecified atom stereocenters. The lowest BCUT2D eigenvalue weighted by Gasteiger charge is -2.37. The first-order valence-electron chi connectivity index (χ1n) is 9.33. The number of hydrogen-bond acceptors (Lipinski definition) is 7. The van der Waals surface area contributed by atoms with Crippen molar-refractivity contribution in [1.82, 2.24) is 24.6 Å². The zero-order chi connectivity index (χ0) is 21.0. The molecule has 8 nitrogen and oxygen atoms in total. The van der Waals surface area contributed by atoms with Crippen LogP contribution in [0.15, 0.2) is 24.5 Å². The van der Waals surface area contributed by atoms with Crippen LogP contribution in [0.1, 0.15) is 11.6 Å². The number of terminal acetylenes is 1. The first-order valence-corrected chi connectivity index (χ1v) is 10.1. The number of nitrogens with zero attached hydrogens (tertiary/aromatic N) is 5. The Bertz CT molecular complexity index is 1360. The average Bonchev–Trinajstić information content (AvgIpc) is 3.28. The summed E-state index contributed by atoms with van der Waals surface area (Å²) < 4.78 is 8.44. The van der Waals surface area contributed by atoms with Gasteiger partial charge in [-0.15, -0.1) is 17.8 Å². The van der Waals surface area contributed by atoms with Crippen LogP contribution in [0.4, 0.5) is 5.82 Å². The van der Waals surface area contributed by atoms with Crippen LogP contribution in [0.5, 0.6) is 5.75 Å². The maximum Gasteiger partial charge on any atom is 0.298 e. The summed E-state index contributed by atoms with van der Waals surface area (Å²) in [4.78, 5) is 22.9. The number of thiophene rings is 1. The number of aromatic nitrogens is 4. The van der Waals surface area contributed by atoms with E-state index in [1.807, 2.05) is 17.7 Å². The first-order chi connectivity index (χ1) is 14.5. The zero-order valence-electron chi connectivity index (χ0n) is 16.4. The maximum absolute atomic E-state index is 11.7. The van der Waals surface area contributed by atoms with Crippen molar-refractivity contribution in [2.24, 2.45) is 0 Å². The number of ether oxygens (including phenoxy) is 1. The van der Waals surface area contributed by atoms with E-state index < -0.39 is 0 Å². The molecule has 0 bridgehead atoms. The number of anilines is 1. The Kier molecular flexibility index (Phi) is 4.11. The van der Waals surface area contributed by atoms with Gasteiger partial charge in [0.15, 0.2) is 5.65 Å². The van der Waals surface area contributed by atoms with E-state index in [9.17, 15) is 4.79 Å². The molecule has 30 heavy (non-hydrogen) atoms. The zero-order valence-corrected chi connectivity index (χ0v) is 17.2. The fraction of sp³-hybridized carbons (Fsp3) is 0.238. The van der Waals surface area contributed by atoms with Gasteiger partial charge in [0.2, 0.25) is 0 Å². The van der Waals surface area contributed by atoms with Crippen LogP contribution in [0, 0.1) is 19.3 Å². The number of carbonyl (C=O) groups excluding carboxylic acids is 1. The van der Waals surface area contributed by atoms with Gasteiger partial charge in [-0.2, -0.15) is 5.10 Å². The van der Waals surface area contributed by atoms with Gasteiger partial charge < -0.3 is 15.4 Å². The molecule has 1 saturated heterocycles. The fourth-order valence-corrected chi connectivity index (χ4v) is 4.95. The van der Waals surface area contributed by atoms with E-state index in [1.54, 1.807) is 23.3 Å². The summed E-state index contributed by atoms with van der Waals surface area (Å²) in [6.07, 6.45) is 6.65. The Morgan fingerprint density at radius 3 is 2.87 bits per heavy atom. The number of fused-ring (bicyclic) bond motifs is 2. The highest BCUT2D eigenvalue weighted by molar-refractivity contribution is 7.22. The smallest absolute Gasteiger partial charge is 0.298 e. The number of nitrogens with two attached hydrogens (primary N) is 1. The number of nitrogen functional groups attached to an aromatic ring is 1. The third kappa shape index (κ3) is 2.69. The Hall–Kier alpha value is -3.64. The summed E-state index contributed by atoms with van der Waals surface area (Å²) in [7, 11) is 1.67. The van der Waals surface area contributed by atoms with Gasteiger partial charge in [0.1, 0.15) is 23.6 Å². The summed E-state index contributed by atoms with van der Waals surface area (Å²) in [6.45, 7) is 3.01. The van der Waals surface area contributed by atoms with Gasteiger partial charge >= 0.3 is 0 Å². The quantitative estimate of drug-likeness (QED) is 0.514. The molecule has 5 rings (SSSR count). The Labute approximate surface area is 176 Å². The number of rotatable bonds is 3. The van der Waals surface area contributed by atoms with Crippen LogP contribution in [-0.4, -0.2) is 50.8 Å². The molecule has 4 aromatic rings. The fourth-order valence-electron chi connectivity index (χ4n) is 3.82. The Morgan fingerprint density at radius 1 is 1.33 bits per heavy atom. The highest BCUT2D eigenvalue weighted by Crippen LogP contribution is 2.42. The molecule has 3 aromatic heterocycles. The van der Waals surface area contributed by atoms with Crippen LogP contribution in [0.25, 0.3) is 31.7 Å². The maximum atomic E-state index is 11.7. The van der Waals surface area contributed by atoms with Gasteiger partial charge in [-0.1, -0.05) is 6.07 Å². The van der Waals surface area contributed by atoms with Crippen molar-refractivity contribution in [2.75, 3.05) is 25.9 Å². The van der Waals surface area contributed by atoms with E-state index in [2.05, 4.69) is 28.0 Å². The van der Waals surface area contributed by atoms with Crippen LogP contribution in [-0.2, 0) is 4.79 Å². The van der Waals surface area contributed by atoms with E-state index in [4.69, 9.17) is 22.0 Å². The highest BCUT2D eigenvalue weighted by Gasteiger charge is 2.34. The number of benzene rings is 1. The van der Waals surface area contributed by atoms with E-state index >= 15 is 0 Å². The third-order valence-corrected chi connectivity index (χ3v) is 6.49. The highest BCUT2D eigenvalue weighted by atomic mass is 32.1. The second-order valence-corrected chi connectivity index (χ2v) is 8.31. The number of hydrogen-bond donors (Lipinski definition) is 1. The van der Waals surface area contributed by atoms with Crippen molar-refractivity contribution < 1.29 is 9.53 Å². The van der Waals surface area contributed by atoms with Gasteiger partial charge in [-0.3, -0.25) is 4.79 Å². The van der Waals surface area contributed by atoms with E-state index in [-0.39, 0.29) is 11.9 Å². The molecule has 9 heteroatoms. The summed E-state index contributed by atoms with van der Waals surface area (Å²) in [6, 6.07) is 6.20. The standard InChI is InChI=1S/C21H18N6O2S/c1-4-16(28)26-8-13(9-26)27-21-17(20(22)23-10-24-21)18(25-27)15-7-12-5-11(2)6-14(29-3)19(12)30-15/h1,5-7,10,13H,8-9H2,2-3H3,(H2,22,23,24). The van der Waals surface area contributed by atoms with Gasteiger partial charge in [0.05, 0.1) is 28.1 Å². The molecule has 2 N–H and O–H groups in total. The predicted octanol–water partition coefficient (Wildman–Crippen LogP) is 2.62. The third-order valence-electron chi connectivity index (χ3n) is 5.32. The molecule has 1 amide bonds. The molecule has 150 valence electrons. The number of aryl methyl sites for hydroxylation is 1. The molecule has 1 aromatic carbocycles. The molecule has 0 radical (unpaired) electrons. The van der Waals surface area contributed by atoms with Crippen molar-refractivity contribution in [1.29, 1.82) is 0 Å². The van der Waals surface area contributed by atoms with Crippen LogP contribution in [0.3, 0.4) is 0 Å². The molecule has 1 fully saturated rings. The number of likely N-dealkylation sites (tertiary alicyclic amines) is 1. The lowest BCUT2D eigenvalue weighted by atomic mass is 10.1. The summed E-state index contributed by atoms with van der Waals surface area (Å²) in [5, 5.41) is 6.64. The molecule has 0 atom stereocenters. The number of carbonyl (C=O) groups is 1. The van der Waals surface area contributed by atoms with E-state index in [0.717, 1.165) is 32.0 Å². The average molecular weight is 418 g/mol. The molecular formula is C21H18N6O2S. The summed E-state index contributed by atoms with van der Waals surface area (Å²) in [5.74, 6) is 3.04. The SMILES string of the molecule is C#CC(=O)N1CC(n2nc(-c3cc4cc(C)cc(OC)c4s3)c3c(N)ncnc32)C1. The molecule has 0 spiro atoms. The molecule has 0 aliphatic carbocycles.